The van der Waals surface area contributed by atoms with Crippen LogP contribution >= 0.6 is 0 Å². The lowest BCUT2D eigenvalue weighted by molar-refractivity contribution is -0.129. The van der Waals surface area contributed by atoms with Gasteiger partial charge in [0, 0.05) is 33.1 Å². The SMILES string of the molecule is CC(=O)N1CCN(c2ccc(N)c3nonc23)CC1. The Balaban J connectivity index is 1.88. The third-order valence-corrected chi connectivity index (χ3v) is 3.49. The molecule has 1 aromatic heterocycles. The summed E-state index contributed by atoms with van der Waals surface area (Å²) in [5, 5.41) is 7.74. The van der Waals surface area contributed by atoms with Crippen LogP contribution in [0.2, 0.25) is 0 Å². The molecule has 2 aromatic rings. The maximum Gasteiger partial charge on any atom is 0.219 e. The van der Waals surface area contributed by atoms with Crippen molar-refractivity contribution in [3.05, 3.63) is 12.1 Å². The van der Waals surface area contributed by atoms with Crippen molar-refractivity contribution >= 4 is 28.3 Å². The van der Waals surface area contributed by atoms with Crippen LogP contribution in [0.5, 0.6) is 0 Å². The van der Waals surface area contributed by atoms with Crippen molar-refractivity contribution in [2.24, 2.45) is 0 Å². The van der Waals surface area contributed by atoms with E-state index < -0.39 is 0 Å². The fourth-order valence-corrected chi connectivity index (χ4v) is 2.39. The molecule has 2 N–H and O–H groups in total. The first kappa shape index (κ1) is 11.8. The van der Waals surface area contributed by atoms with Gasteiger partial charge in [-0.2, -0.15) is 0 Å². The molecule has 2 heterocycles. The van der Waals surface area contributed by atoms with Gasteiger partial charge in [-0.05, 0) is 22.4 Å². The molecule has 19 heavy (non-hydrogen) atoms. The first-order valence-corrected chi connectivity index (χ1v) is 6.18. The molecule has 0 bridgehead atoms. The lowest BCUT2D eigenvalue weighted by atomic mass is 10.2. The molecule has 1 amide bonds. The molecule has 100 valence electrons. The highest BCUT2D eigenvalue weighted by molar-refractivity contribution is 5.95. The number of nitrogens with two attached hydrogens (primary N) is 1. The van der Waals surface area contributed by atoms with Gasteiger partial charge in [0.25, 0.3) is 0 Å². The normalized spacial score (nSPS) is 16.1. The van der Waals surface area contributed by atoms with Gasteiger partial charge in [0.05, 0.1) is 11.4 Å². The first-order chi connectivity index (χ1) is 9.16. The highest BCUT2D eigenvalue weighted by atomic mass is 16.6. The van der Waals surface area contributed by atoms with Crippen molar-refractivity contribution in [2.45, 2.75) is 6.92 Å². The maximum absolute atomic E-state index is 11.3. The van der Waals surface area contributed by atoms with Gasteiger partial charge in [0.2, 0.25) is 5.91 Å². The van der Waals surface area contributed by atoms with E-state index in [0.717, 1.165) is 18.8 Å². The zero-order valence-electron chi connectivity index (χ0n) is 10.7. The minimum absolute atomic E-state index is 0.116. The highest BCUT2D eigenvalue weighted by Crippen LogP contribution is 2.28. The molecule has 0 unspecified atom stereocenters. The monoisotopic (exact) mass is 261 g/mol. The van der Waals surface area contributed by atoms with E-state index in [2.05, 4.69) is 15.2 Å². The lowest BCUT2D eigenvalue weighted by Gasteiger charge is -2.35. The van der Waals surface area contributed by atoms with Gasteiger partial charge in [-0.15, -0.1) is 0 Å². The summed E-state index contributed by atoms with van der Waals surface area (Å²) >= 11 is 0. The largest absolute Gasteiger partial charge is 0.397 e. The summed E-state index contributed by atoms with van der Waals surface area (Å²) in [5.74, 6) is 0.116. The molecule has 7 nitrogen and oxygen atoms in total. The molecule has 1 fully saturated rings. The number of anilines is 2. The van der Waals surface area contributed by atoms with Crippen LogP contribution < -0.4 is 10.6 Å². The van der Waals surface area contributed by atoms with Gasteiger partial charge in [-0.1, -0.05) is 0 Å². The van der Waals surface area contributed by atoms with Crippen molar-refractivity contribution in [2.75, 3.05) is 36.8 Å². The molecule has 0 saturated carbocycles. The Bertz CT molecular complexity index is 616. The Kier molecular flexibility index (Phi) is 2.73. The summed E-state index contributed by atoms with van der Waals surface area (Å²) < 4.78 is 4.77. The number of hydrogen-bond acceptors (Lipinski definition) is 6. The number of nitrogen functional groups attached to an aromatic ring is 1. The summed E-state index contributed by atoms with van der Waals surface area (Å²) in [4.78, 5) is 15.3. The van der Waals surface area contributed by atoms with Gasteiger partial charge in [0.1, 0.15) is 0 Å². The zero-order valence-corrected chi connectivity index (χ0v) is 10.7. The third kappa shape index (κ3) is 1.96. The first-order valence-electron chi connectivity index (χ1n) is 6.18. The Morgan fingerprint density at radius 3 is 2.58 bits per heavy atom. The van der Waals surface area contributed by atoms with Gasteiger partial charge >= 0.3 is 0 Å². The van der Waals surface area contributed by atoms with Crippen LogP contribution in [0.15, 0.2) is 16.8 Å². The second-order valence-electron chi connectivity index (χ2n) is 4.63. The Labute approximate surface area is 109 Å². The number of hydrogen-bond donors (Lipinski definition) is 1. The Hall–Kier alpha value is -2.31. The fraction of sp³-hybridized carbons (Fsp3) is 0.417. The molecular formula is C12H15N5O2. The predicted molar refractivity (Wildman–Crippen MR) is 70.7 cm³/mol. The van der Waals surface area contributed by atoms with Crippen LogP contribution in [0.25, 0.3) is 11.0 Å². The molecular weight excluding hydrogens is 246 g/mol. The molecule has 0 spiro atoms. The van der Waals surface area contributed by atoms with Gasteiger partial charge < -0.3 is 15.5 Å². The number of fused-ring (bicyclic) bond motifs is 1. The second-order valence-corrected chi connectivity index (χ2v) is 4.63. The lowest BCUT2D eigenvalue weighted by Crippen LogP contribution is -2.48. The molecule has 1 aliphatic rings. The van der Waals surface area contributed by atoms with E-state index in [1.165, 1.54) is 0 Å². The topological polar surface area (TPSA) is 88.5 Å². The fourth-order valence-electron chi connectivity index (χ4n) is 2.39. The Morgan fingerprint density at radius 2 is 1.89 bits per heavy atom. The zero-order chi connectivity index (χ0) is 13.4. The molecule has 7 heteroatoms. The van der Waals surface area contributed by atoms with Gasteiger partial charge in [-0.3, -0.25) is 4.79 Å². The van der Waals surface area contributed by atoms with E-state index >= 15 is 0 Å². The molecule has 1 aliphatic heterocycles. The quantitative estimate of drug-likeness (QED) is 0.751. The van der Waals surface area contributed by atoms with Crippen molar-refractivity contribution in [3.63, 3.8) is 0 Å². The summed E-state index contributed by atoms with van der Waals surface area (Å²) in [7, 11) is 0. The van der Waals surface area contributed by atoms with Crippen LogP contribution in [0.4, 0.5) is 11.4 Å². The number of nitrogens with zero attached hydrogens (tertiary/aromatic N) is 4. The third-order valence-electron chi connectivity index (χ3n) is 3.49. The van der Waals surface area contributed by atoms with E-state index in [-0.39, 0.29) is 5.91 Å². The molecule has 0 atom stereocenters. The molecule has 0 aliphatic carbocycles. The summed E-state index contributed by atoms with van der Waals surface area (Å²) in [5.41, 5.74) is 8.60. The average Bonchev–Trinajstić information content (AvgIpc) is 2.89. The number of piperazine rings is 1. The van der Waals surface area contributed by atoms with E-state index in [1.54, 1.807) is 13.0 Å². The minimum Gasteiger partial charge on any atom is -0.397 e. The van der Waals surface area contributed by atoms with Crippen LogP contribution in [-0.2, 0) is 4.79 Å². The average molecular weight is 261 g/mol. The number of benzene rings is 1. The summed E-state index contributed by atoms with van der Waals surface area (Å²) in [6.45, 7) is 4.56. The number of carbonyl (C=O) groups excluding carboxylic acids is 1. The van der Waals surface area contributed by atoms with E-state index in [0.29, 0.717) is 29.8 Å². The highest BCUT2D eigenvalue weighted by Gasteiger charge is 2.22. The van der Waals surface area contributed by atoms with Gasteiger partial charge in [0.15, 0.2) is 11.0 Å². The summed E-state index contributed by atoms with van der Waals surface area (Å²) in [6, 6.07) is 3.73. The van der Waals surface area contributed by atoms with Crippen LogP contribution in [-0.4, -0.2) is 47.3 Å². The molecule has 3 rings (SSSR count). The molecule has 0 radical (unpaired) electrons. The van der Waals surface area contributed by atoms with Crippen LogP contribution in [0.1, 0.15) is 6.92 Å². The number of carbonyl (C=O) groups is 1. The number of amides is 1. The smallest absolute Gasteiger partial charge is 0.219 e. The second kappa shape index (κ2) is 4.42. The minimum atomic E-state index is 0.116. The standard InChI is InChI=1S/C12H15N5O2/c1-8(18)16-4-6-17(7-5-16)10-3-2-9(13)11-12(10)15-19-14-11/h2-3H,4-7,13H2,1H3. The Morgan fingerprint density at radius 1 is 1.21 bits per heavy atom. The number of rotatable bonds is 1. The van der Waals surface area contributed by atoms with Gasteiger partial charge in [-0.25, -0.2) is 4.63 Å². The van der Waals surface area contributed by atoms with Crippen LogP contribution in [0.3, 0.4) is 0 Å². The van der Waals surface area contributed by atoms with E-state index in [9.17, 15) is 4.79 Å². The van der Waals surface area contributed by atoms with Crippen molar-refractivity contribution in [3.8, 4) is 0 Å². The number of aromatic nitrogens is 2. The predicted octanol–water partition coefficient (Wildman–Crippen LogP) is 0.473. The van der Waals surface area contributed by atoms with Crippen molar-refractivity contribution in [1.29, 1.82) is 0 Å². The maximum atomic E-state index is 11.3. The van der Waals surface area contributed by atoms with Crippen molar-refractivity contribution < 1.29 is 9.42 Å². The molecule has 1 saturated heterocycles. The van der Waals surface area contributed by atoms with Crippen molar-refractivity contribution in [1.82, 2.24) is 15.2 Å². The van der Waals surface area contributed by atoms with E-state index in [1.807, 2.05) is 11.0 Å². The van der Waals surface area contributed by atoms with Crippen LogP contribution in [0, 0.1) is 0 Å². The van der Waals surface area contributed by atoms with E-state index in [4.69, 9.17) is 10.4 Å². The molecule has 1 aromatic carbocycles. The summed E-state index contributed by atoms with van der Waals surface area (Å²) in [6.07, 6.45) is 0.